The molecular formula is C15H22F2O. The molecule has 0 amide bonds. The Morgan fingerprint density at radius 1 is 1.06 bits per heavy atom. The van der Waals surface area contributed by atoms with Gasteiger partial charge in [-0.1, -0.05) is 57.6 Å². The Labute approximate surface area is 108 Å². The molecular weight excluding hydrogens is 234 g/mol. The average Bonchev–Trinajstić information content (AvgIpc) is 2.36. The van der Waals surface area contributed by atoms with E-state index in [1.165, 1.54) is 31.4 Å². The first-order chi connectivity index (χ1) is 8.66. The molecule has 0 aromatic heterocycles. The molecule has 102 valence electrons. The van der Waals surface area contributed by atoms with E-state index < -0.39 is 17.7 Å². The van der Waals surface area contributed by atoms with Crippen LogP contribution in [-0.2, 0) is 0 Å². The van der Waals surface area contributed by atoms with Crippen LogP contribution in [0, 0.1) is 11.6 Å². The number of hydrogen-bond donors (Lipinski definition) is 1. The molecule has 0 radical (unpaired) electrons. The summed E-state index contributed by atoms with van der Waals surface area (Å²) in [6, 6.07) is 3.94. The molecule has 3 heteroatoms. The molecule has 1 N–H and O–H groups in total. The van der Waals surface area contributed by atoms with Crippen molar-refractivity contribution in [3.05, 3.63) is 35.4 Å². The summed E-state index contributed by atoms with van der Waals surface area (Å²) in [5.74, 6) is -1.81. The number of unbranched alkanes of at least 4 members (excludes halogenated alkanes) is 5. The number of hydrogen-bond acceptors (Lipinski definition) is 1. The van der Waals surface area contributed by atoms with Crippen molar-refractivity contribution in [1.29, 1.82) is 0 Å². The second-order valence-corrected chi connectivity index (χ2v) is 4.72. The van der Waals surface area contributed by atoms with Crippen LogP contribution in [0.2, 0.25) is 0 Å². The Morgan fingerprint density at radius 3 is 2.44 bits per heavy atom. The molecule has 1 unspecified atom stereocenters. The van der Waals surface area contributed by atoms with Crippen LogP contribution >= 0.6 is 0 Å². The van der Waals surface area contributed by atoms with Crippen LogP contribution in [0.3, 0.4) is 0 Å². The monoisotopic (exact) mass is 256 g/mol. The lowest BCUT2D eigenvalue weighted by Gasteiger charge is -2.12. The van der Waals surface area contributed by atoms with Crippen molar-refractivity contribution in [2.45, 2.75) is 58.0 Å². The fraction of sp³-hybridized carbons (Fsp3) is 0.600. The molecule has 0 saturated heterocycles. The van der Waals surface area contributed by atoms with E-state index >= 15 is 0 Å². The molecule has 1 nitrogen and oxygen atoms in total. The van der Waals surface area contributed by atoms with E-state index in [4.69, 9.17) is 0 Å². The van der Waals surface area contributed by atoms with Gasteiger partial charge in [0.2, 0.25) is 0 Å². The maximum Gasteiger partial charge on any atom is 0.164 e. The number of benzene rings is 1. The summed E-state index contributed by atoms with van der Waals surface area (Å²) < 4.78 is 26.4. The molecule has 0 bridgehead atoms. The predicted octanol–water partition coefficient (Wildman–Crippen LogP) is 4.75. The van der Waals surface area contributed by atoms with E-state index in [2.05, 4.69) is 6.92 Å². The highest BCUT2D eigenvalue weighted by atomic mass is 19.2. The first kappa shape index (κ1) is 15.1. The molecule has 0 aliphatic carbocycles. The molecule has 0 aliphatic heterocycles. The average molecular weight is 256 g/mol. The summed E-state index contributed by atoms with van der Waals surface area (Å²) in [5.41, 5.74) is 0.0727. The molecule has 0 fully saturated rings. The Balaban J connectivity index is 2.32. The Bertz CT molecular complexity index is 352. The van der Waals surface area contributed by atoms with Crippen LogP contribution in [0.15, 0.2) is 18.2 Å². The smallest absolute Gasteiger partial charge is 0.164 e. The normalized spacial score (nSPS) is 12.7. The highest BCUT2D eigenvalue weighted by Gasteiger charge is 2.15. The molecule has 1 aromatic rings. The van der Waals surface area contributed by atoms with Gasteiger partial charge in [0.25, 0.3) is 0 Å². The van der Waals surface area contributed by atoms with E-state index in [1.807, 2.05) is 0 Å². The van der Waals surface area contributed by atoms with Crippen molar-refractivity contribution < 1.29 is 13.9 Å². The van der Waals surface area contributed by atoms with Gasteiger partial charge in [0.05, 0.1) is 6.10 Å². The summed E-state index contributed by atoms with van der Waals surface area (Å²) in [6.07, 6.45) is 6.28. The SMILES string of the molecule is CCCCCCCCC(O)c1cccc(F)c1F. The summed E-state index contributed by atoms with van der Waals surface area (Å²) in [7, 11) is 0. The molecule has 0 spiro atoms. The van der Waals surface area contributed by atoms with Gasteiger partial charge < -0.3 is 5.11 Å². The zero-order valence-corrected chi connectivity index (χ0v) is 11.0. The van der Waals surface area contributed by atoms with Crippen molar-refractivity contribution in [1.82, 2.24) is 0 Å². The Kier molecular flexibility index (Phi) is 6.88. The molecule has 1 rings (SSSR count). The highest BCUT2D eigenvalue weighted by molar-refractivity contribution is 5.21. The molecule has 1 aromatic carbocycles. The van der Waals surface area contributed by atoms with E-state index in [-0.39, 0.29) is 5.56 Å². The second-order valence-electron chi connectivity index (χ2n) is 4.72. The van der Waals surface area contributed by atoms with E-state index in [1.54, 1.807) is 0 Å². The van der Waals surface area contributed by atoms with Gasteiger partial charge in [-0.2, -0.15) is 0 Å². The van der Waals surface area contributed by atoms with Crippen LogP contribution in [0.25, 0.3) is 0 Å². The largest absolute Gasteiger partial charge is 0.388 e. The number of aliphatic hydroxyl groups is 1. The van der Waals surface area contributed by atoms with Gasteiger partial charge in [0.15, 0.2) is 11.6 Å². The lowest BCUT2D eigenvalue weighted by molar-refractivity contribution is 0.157. The van der Waals surface area contributed by atoms with Crippen molar-refractivity contribution in [2.75, 3.05) is 0 Å². The Hall–Kier alpha value is -0.960. The molecule has 1 atom stereocenters. The van der Waals surface area contributed by atoms with Gasteiger partial charge in [-0.3, -0.25) is 0 Å². The van der Waals surface area contributed by atoms with Gasteiger partial charge in [-0.15, -0.1) is 0 Å². The van der Waals surface area contributed by atoms with Gasteiger partial charge in [0.1, 0.15) is 0 Å². The zero-order chi connectivity index (χ0) is 13.4. The van der Waals surface area contributed by atoms with Crippen LogP contribution in [-0.4, -0.2) is 5.11 Å². The van der Waals surface area contributed by atoms with Crippen molar-refractivity contribution in [3.8, 4) is 0 Å². The minimum Gasteiger partial charge on any atom is -0.388 e. The highest BCUT2D eigenvalue weighted by Crippen LogP contribution is 2.24. The van der Waals surface area contributed by atoms with Gasteiger partial charge in [-0.05, 0) is 12.5 Å². The lowest BCUT2D eigenvalue weighted by atomic mass is 10.0. The fourth-order valence-corrected chi connectivity index (χ4v) is 2.05. The maximum absolute atomic E-state index is 13.4. The third kappa shape index (κ3) is 4.73. The quantitative estimate of drug-likeness (QED) is 0.665. The van der Waals surface area contributed by atoms with E-state index in [9.17, 15) is 13.9 Å². The number of rotatable bonds is 8. The lowest BCUT2D eigenvalue weighted by Crippen LogP contribution is -2.02. The molecule has 0 aliphatic rings. The second kappa shape index (κ2) is 8.20. The molecule has 0 saturated carbocycles. The van der Waals surface area contributed by atoms with Crippen LogP contribution in [0.4, 0.5) is 8.78 Å². The van der Waals surface area contributed by atoms with Crippen LogP contribution in [0.1, 0.15) is 63.5 Å². The zero-order valence-electron chi connectivity index (χ0n) is 11.0. The van der Waals surface area contributed by atoms with Crippen molar-refractivity contribution in [2.24, 2.45) is 0 Å². The predicted molar refractivity (Wildman–Crippen MR) is 69.3 cm³/mol. The van der Waals surface area contributed by atoms with Gasteiger partial charge in [-0.25, -0.2) is 8.78 Å². The summed E-state index contributed by atoms with van der Waals surface area (Å²) >= 11 is 0. The van der Waals surface area contributed by atoms with Gasteiger partial charge >= 0.3 is 0 Å². The van der Waals surface area contributed by atoms with E-state index in [0.29, 0.717) is 6.42 Å². The summed E-state index contributed by atoms with van der Waals surface area (Å²) in [4.78, 5) is 0. The third-order valence-corrected chi connectivity index (χ3v) is 3.17. The summed E-state index contributed by atoms with van der Waals surface area (Å²) in [6.45, 7) is 2.16. The first-order valence-electron chi connectivity index (χ1n) is 6.78. The minimum atomic E-state index is -0.920. The molecule has 18 heavy (non-hydrogen) atoms. The fourth-order valence-electron chi connectivity index (χ4n) is 2.05. The van der Waals surface area contributed by atoms with Crippen molar-refractivity contribution in [3.63, 3.8) is 0 Å². The summed E-state index contributed by atoms with van der Waals surface area (Å²) in [5, 5.41) is 9.82. The standard InChI is InChI=1S/C15H22F2O/c1-2-3-4-5-6-7-11-14(18)12-9-8-10-13(16)15(12)17/h8-10,14,18H,2-7,11H2,1H3. The number of aliphatic hydroxyl groups excluding tert-OH is 1. The number of halogens is 2. The van der Waals surface area contributed by atoms with E-state index in [0.717, 1.165) is 25.3 Å². The van der Waals surface area contributed by atoms with Crippen LogP contribution < -0.4 is 0 Å². The molecule has 0 heterocycles. The van der Waals surface area contributed by atoms with Gasteiger partial charge in [0, 0.05) is 5.56 Å². The van der Waals surface area contributed by atoms with Crippen LogP contribution in [0.5, 0.6) is 0 Å². The Morgan fingerprint density at radius 2 is 1.72 bits per heavy atom. The maximum atomic E-state index is 13.4. The van der Waals surface area contributed by atoms with Crippen molar-refractivity contribution >= 4 is 0 Å². The third-order valence-electron chi connectivity index (χ3n) is 3.17. The minimum absolute atomic E-state index is 0.0727. The first-order valence-corrected chi connectivity index (χ1v) is 6.78. The topological polar surface area (TPSA) is 20.2 Å².